The fourth-order valence-corrected chi connectivity index (χ4v) is 4.68. The number of nitrogens with zero attached hydrogens (tertiary/aromatic N) is 1. The van der Waals surface area contributed by atoms with Gasteiger partial charge in [-0.3, -0.25) is 9.59 Å². The Labute approximate surface area is 198 Å². The Balaban J connectivity index is 1.44. The zero-order valence-electron chi connectivity index (χ0n) is 18.7. The summed E-state index contributed by atoms with van der Waals surface area (Å²) < 4.78 is 5.52. The van der Waals surface area contributed by atoms with E-state index in [-0.39, 0.29) is 17.7 Å². The van der Waals surface area contributed by atoms with Crippen molar-refractivity contribution in [2.45, 2.75) is 19.8 Å². The van der Waals surface area contributed by atoms with Crippen molar-refractivity contribution in [3.05, 3.63) is 82.6 Å². The van der Waals surface area contributed by atoms with Crippen molar-refractivity contribution >= 4 is 40.5 Å². The Morgan fingerprint density at radius 2 is 1.76 bits per heavy atom. The van der Waals surface area contributed by atoms with Crippen LogP contribution >= 0.6 is 11.3 Å². The summed E-state index contributed by atoms with van der Waals surface area (Å²) in [6.45, 7) is 3.71. The van der Waals surface area contributed by atoms with Gasteiger partial charge >= 0.3 is 0 Å². The number of rotatable bonds is 7. The van der Waals surface area contributed by atoms with Gasteiger partial charge in [-0.1, -0.05) is 36.4 Å². The molecule has 2 aromatic carbocycles. The van der Waals surface area contributed by atoms with Crippen LogP contribution in [0.15, 0.2) is 72.1 Å². The van der Waals surface area contributed by atoms with Gasteiger partial charge in [0.05, 0.1) is 12.2 Å². The maximum Gasteiger partial charge on any atom is 0.255 e. The molecule has 0 bridgehead atoms. The molecule has 1 saturated heterocycles. The zero-order chi connectivity index (χ0) is 23.0. The molecule has 33 heavy (non-hydrogen) atoms. The van der Waals surface area contributed by atoms with Crippen molar-refractivity contribution in [3.8, 4) is 5.75 Å². The molecule has 1 aliphatic heterocycles. The molecule has 5 nitrogen and oxygen atoms in total. The highest BCUT2D eigenvalue weighted by molar-refractivity contribution is 7.11. The lowest BCUT2D eigenvalue weighted by Gasteiger charge is -2.32. The van der Waals surface area contributed by atoms with Crippen LogP contribution in [0.1, 0.15) is 30.2 Å². The van der Waals surface area contributed by atoms with Gasteiger partial charge in [0.1, 0.15) is 5.75 Å². The summed E-state index contributed by atoms with van der Waals surface area (Å²) in [6.07, 6.45) is 3.26. The van der Waals surface area contributed by atoms with Crippen LogP contribution in [0, 0.1) is 5.92 Å². The lowest BCUT2D eigenvalue weighted by molar-refractivity contribution is -0.129. The monoisotopic (exact) mass is 460 g/mol. The molecule has 1 aromatic heterocycles. The number of ether oxygens (including phenoxy) is 1. The number of nitrogens with one attached hydrogen (secondary N) is 1. The van der Waals surface area contributed by atoms with Crippen LogP contribution in [0.2, 0.25) is 0 Å². The predicted octanol–water partition coefficient (Wildman–Crippen LogP) is 5.56. The number of hydrogen-bond acceptors (Lipinski definition) is 4. The van der Waals surface area contributed by atoms with Gasteiger partial charge in [-0.2, -0.15) is 0 Å². The van der Waals surface area contributed by atoms with Gasteiger partial charge in [-0.15, -0.1) is 11.3 Å². The van der Waals surface area contributed by atoms with Crippen LogP contribution in [0.5, 0.6) is 5.75 Å². The van der Waals surface area contributed by atoms with Crippen molar-refractivity contribution in [1.82, 2.24) is 4.90 Å². The first-order chi connectivity index (χ1) is 16.1. The highest BCUT2D eigenvalue weighted by Crippen LogP contribution is 2.28. The molecule has 2 amide bonds. The average molecular weight is 461 g/mol. The Bertz CT molecular complexity index is 1080. The number of hydrogen-bond donors (Lipinski definition) is 1. The van der Waals surface area contributed by atoms with E-state index in [1.165, 1.54) is 0 Å². The minimum Gasteiger partial charge on any atom is -0.494 e. The summed E-state index contributed by atoms with van der Waals surface area (Å²) in [6, 6.07) is 21.2. The molecule has 1 fully saturated rings. The lowest BCUT2D eigenvalue weighted by Crippen LogP contribution is -2.41. The van der Waals surface area contributed by atoms with Gasteiger partial charge in [0, 0.05) is 29.6 Å². The van der Waals surface area contributed by atoms with Crippen LogP contribution in [0.25, 0.3) is 11.6 Å². The molecule has 0 radical (unpaired) electrons. The van der Waals surface area contributed by atoms with Crippen molar-refractivity contribution in [1.29, 1.82) is 0 Å². The van der Waals surface area contributed by atoms with Crippen LogP contribution < -0.4 is 10.1 Å². The fourth-order valence-electron chi connectivity index (χ4n) is 3.94. The summed E-state index contributed by atoms with van der Waals surface area (Å²) in [7, 11) is 0. The van der Waals surface area contributed by atoms with E-state index in [0.29, 0.717) is 38.1 Å². The number of benzene rings is 2. The quantitative estimate of drug-likeness (QED) is 0.469. The number of para-hydroxylation sites is 1. The molecule has 2 heterocycles. The van der Waals surface area contributed by atoms with E-state index >= 15 is 0 Å². The first-order valence-corrected chi connectivity index (χ1v) is 12.2. The number of carbonyl (C=O) groups is 2. The molecule has 3 aromatic rings. The maximum atomic E-state index is 13.5. The van der Waals surface area contributed by atoms with Gasteiger partial charge in [0.25, 0.3) is 5.91 Å². The Hall–Kier alpha value is -3.38. The van der Waals surface area contributed by atoms with E-state index in [9.17, 15) is 9.59 Å². The number of likely N-dealkylation sites (tertiary alicyclic amines) is 1. The van der Waals surface area contributed by atoms with Gasteiger partial charge in [-0.05, 0) is 67.1 Å². The van der Waals surface area contributed by atoms with E-state index in [1.807, 2.05) is 90.0 Å². The Morgan fingerprint density at radius 1 is 1.03 bits per heavy atom. The maximum absolute atomic E-state index is 13.5. The van der Waals surface area contributed by atoms with Crippen molar-refractivity contribution in [2.75, 3.05) is 25.0 Å². The van der Waals surface area contributed by atoms with Crippen LogP contribution in [-0.4, -0.2) is 36.4 Å². The molecule has 0 aliphatic carbocycles. The lowest BCUT2D eigenvalue weighted by atomic mass is 9.95. The average Bonchev–Trinajstić information content (AvgIpc) is 3.39. The third kappa shape index (κ3) is 5.90. The molecule has 0 unspecified atom stereocenters. The first-order valence-electron chi connectivity index (χ1n) is 11.3. The molecule has 4 rings (SSSR count). The summed E-state index contributed by atoms with van der Waals surface area (Å²) >= 11 is 1.56. The highest BCUT2D eigenvalue weighted by Gasteiger charge is 2.29. The van der Waals surface area contributed by atoms with E-state index < -0.39 is 0 Å². The molecule has 0 saturated carbocycles. The van der Waals surface area contributed by atoms with Gasteiger partial charge in [-0.25, -0.2) is 0 Å². The minimum atomic E-state index is -0.0884. The van der Waals surface area contributed by atoms with Gasteiger partial charge < -0.3 is 15.0 Å². The SMILES string of the molecule is CCOc1ccc(/C=C(/C(=O)N2CCC(C(=O)Nc3ccccc3)CC2)c2cccs2)cc1. The van der Waals surface area contributed by atoms with Crippen LogP contribution in [0.3, 0.4) is 0 Å². The molecule has 0 atom stereocenters. The standard InChI is InChI=1S/C27H28N2O3S/c1-2-32-23-12-10-20(11-13-23)19-24(25-9-6-18-33-25)27(31)29-16-14-21(15-17-29)26(30)28-22-7-4-3-5-8-22/h3-13,18-19,21H,2,14-17H2,1H3,(H,28,30)/b24-19+. The van der Waals surface area contributed by atoms with Crippen molar-refractivity contribution in [3.63, 3.8) is 0 Å². The summed E-state index contributed by atoms with van der Waals surface area (Å²) in [5.74, 6) is 0.758. The molecular weight excluding hydrogens is 432 g/mol. The molecule has 0 spiro atoms. The van der Waals surface area contributed by atoms with Gasteiger partial charge in [0.2, 0.25) is 5.91 Å². The number of carbonyl (C=O) groups excluding carboxylic acids is 2. The minimum absolute atomic E-state index is 0.00764. The molecule has 6 heteroatoms. The molecule has 1 aliphatic rings. The first kappa shape index (κ1) is 22.8. The Morgan fingerprint density at radius 3 is 2.39 bits per heavy atom. The smallest absolute Gasteiger partial charge is 0.255 e. The fraction of sp³-hybridized carbons (Fsp3) is 0.259. The van der Waals surface area contributed by atoms with E-state index in [0.717, 1.165) is 21.9 Å². The molecule has 1 N–H and O–H groups in total. The topological polar surface area (TPSA) is 58.6 Å². The Kier molecular flexibility index (Phi) is 7.58. The highest BCUT2D eigenvalue weighted by atomic mass is 32.1. The zero-order valence-corrected chi connectivity index (χ0v) is 19.5. The third-order valence-corrected chi connectivity index (χ3v) is 6.62. The van der Waals surface area contributed by atoms with E-state index in [4.69, 9.17) is 4.74 Å². The summed E-state index contributed by atoms with van der Waals surface area (Å²) in [5, 5.41) is 4.97. The summed E-state index contributed by atoms with van der Waals surface area (Å²) in [4.78, 5) is 28.9. The van der Waals surface area contributed by atoms with Crippen LogP contribution in [-0.2, 0) is 9.59 Å². The van der Waals surface area contributed by atoms with Crippen molar-refractivity contribution < 1.29 is 14.3 Å². The number of piperidine rings is 1. The number of thiophene rings is 1. The second-order valence-electron chi connectivity index (χ2n) is 7.96. The second kappa shape index (κ2) is 11.0. The van der Waals surface area contributed by atoms with Gasteiger partial charge in [0.15, 0.2) is 0 Å². The summed E-state index contributed by atoms with van der Waals surface area (Å²) in [5.41, 5.74) is 2.44. The largest absolute Gasteiger partial charge is 0.494 e. The predicted molar refractivity (Wildman–Crippen MR) is 134 cm³/mol. The normalized spacial score (nSPS) is 14.7. The van der Waals surface area contributed by atoms with E-state index in [1.54, 1.807) is 11.3 Å². The van der Waals surface area contributed by atoms with Crippen LogP contribution in [0.4, 0.5) is 5.69 Å². The third-order valence-electron chi connectivity index (χ3n) is 5.71. The number of anilines is 1. The molecule has 170 valence electrons. The van der Waals surface area contributed by atoms with E-state index in [2.05, 4.69) is 5.32 Å². The second-order valence-corrected chi connectivity index (χ2v) is 8.91. The van der Waals surface area contributed by atoms with Crippen molar-refractivity contribution in [2.24, 2.45) is 5.92 Å². The number of amides is 2. The molecular formula is C27H28N2O3S.